The first kappa shape index (κ1) is 14.6. The number of hydrogen-bond acceptors (Lipinski definition) is 11. The maximum atomic E-state index is 11.0. The molecule has 0 radical (unpaired) electrons. The molecule has 0 aromatic carbocycles. The summed E-state index contributed by atoms with van der Waals surface area (Å²) in [5.74, 6) is -2.09. The molecule has 12 heteroatoms. The monoisotopic (exact) mass is 315 g/mol. The highest BCUT2D eigenvalue weighted by atomic mass is 16.6. The molecular weight excluding hydrogens is 298 g/mol. The van der Waals surface area contributed by atoms with Crippen LogP contribution in [0.25, 0.3) is 0 Å². The van der Waals surface area contributed by atoms with Crippen LogP contribution in [0.1, 0.15) is 6.42 Å². The van der Waals surface area contributed by atoms with Crippen molar-refractivity contribution in [2.45, 2.75) is 30.0 Å². The van der Waals surface area contributed by atoms with Crippen LogP contribution in [0.4, 0.5) is 4.79 Å². The molecule has 0 aromatic rings. The van der Waals surface area contributed by atoms with Gasteiger partial charge in [-0.15, -0.1) is 0 Å². The fourth-order valence-electron chi connectivity index (χ4n) is 3.25. The maximum Gasteiger partial charge on any atom is 0.431 e. The van der Waals surface area contributed by atoms with Crippen LogP contribution in [0.3, 0.4) is 0 Å². The van der Waals surface area contributed by atoms with Crippen LogP contribution in [-0.4, -0.2) is 75.0 Å². The number of guanidine groups is 2. The summed E-state index contributed by atoms with van der Waals surface area (Å²) >= 11 is 0. The Hall–Kier alpha value is -2.31. The molecule has 122 valence electrons. The number of hydroxylamine groups is 1. The van der Waals surface area contributed by atoms with Gasteiger partial charge in [-0.2, -0.15) is 0 Å². The summed E-state index contributed by atoms with van der Waals surface area (Å²) in [5.41, 5.74) is 11.4. The van der Waals surface area contributed by atoms with Gasteiger partial charge in [0.15, 0.2) is 17.6 Å². The number of aliphatic hydroxyl groups is 2. The molecule has 3 aliphatic rings. The average molecular weight is 315 g/mol. The van der Waals surface area contributed by atoms with Gasteiger partial charge in [0, 0.05) is 13.0 Å². The predicted octanol–water partition coefficient (Wildman–Crippen LogP) is -3.83. The minimum Gasteiger partial charge on any atom is -0.446 e. The highest BCUT2D eigenvalue weighted by molar-refractivity contribution is 5.87. The summed E-state index contributed by atoms with van der Waals surface area (Å²) in [5, 5.41) is 32.0. The Morgan fingerprint density at radius 1 is 1.50 bits per heavy atom. The van der Waals surface area contributed by atoms with Crippen LogP contribution >= 0.6 is 0 Å². The predicted molar refractivity (Wildman–Crippen MR) is 71.4 cm³/mol. The molecule has 22 heavy (non-hydrogen) atoms. The van der Waals surface area contributed by atoms with Gasteiger partial charge in [-0.25, -0.2) is 20.3 Å². The summed E-state index contributed by atoms with van der Waals surface area (Å²) in [6.45, 7) is -0.0266. The number of carbonyl (C=O) groups excluding carboxylic acids is 1. The second-order valence-corrected chi connectivity index (χ2v) is 5.33. The maximum absolute atomic E-state index is 11.0. The van der Waals surface area contributed by atoms with Crippen molar-refractivity contribution in [2.75, 3.05) is 13.2 Å². The Kier molecular flexibility index (Phi) is 3.05. The van der Waals surface area contributed by atoms with Crippen molar-refractivity contribution in [3.05, 3.63) is 0 Å². The molecule has 0 saturated carbocycles. The van der Waals surface area contributed by atoms with Crippen LogP contribution in [0, 0.1) is 0 Å². The third-order valence-corrected chi connectivity index (χ3v) is 4.16. The SMILES string of the molecule is NC1=NC2C(COC(=O)NO)N=C(N)N3CCC(O)(O)C23N1. The van der Waals surface area contributed by atoms with Crippen molar-refractivity contribution in [1.29, 1.82) is 0 Å². The van der Waals surface area contributed by atoms with E-state index in [1.807, 2.05) is 0 Å². The van der Waals surface area contributed by atoms with E-state index in [2.05, 4.69) is 15.3 Å². The molecule has 1 fully saturated rings. The molecule has 9 N–H and O–H groups in total. The van der Waals surface area contributed by atoms with Crippen LogP contribution in [0.15, 0.2) is 9.98 Å². The van der Waals surface area contributed by atoms with E-state index in [1.54, 1.807) is 0 Å². The number of carbonyl (C=O) groups is 1. The lowest BCUT2D eigenvalue weighted by Gasteiger charge is -2.48. The lowest BCUT2D eigenvalue weighted by Crippen LogP contribution is -2.76. The van der Waals surface area contributed by atoms with Crippen LogP contribution < -0.4 is 22.3 Å². The third kappa shape index (κ3) is 1.77. The Morgan fingerprint density at radius 3 is 2.91 bits per heavy atom. The van der Waals surface area contributed by atoms with E-state index in [4.69, 9.17) is 21.4 Å². The largest absolute Gasteiger partial charge is 0.446 e. The number of nitrogens with zero attached hydrogens (tertiary/aromatic N) is 3. The Morgan fingerprint density at radius 2 is 2.23 bits per heavy atom. The molecule has 12 nitrogen and oxygen atoms in total. The molecule has 3 atom stereocenters. The number of ether oxygens (including phenoxy) is 1. The zero-order valence-corrected chi connectivity index (χ0v) is 11.4. The van der Waals surface area contributed by atoms with Gasteiger partial charge in [-0.3, -0.25) is 5.21 Å². The zero-order valence-electron chi connectivity index (χ0n) is 11.4. The number of amides is 1. The number of nitrogens with one attached hydrogen (secondary N) is 2. The van der Waals surface area contributed by atoms with Gasteiger partial charge in [0.05, 0.1) is 0 Å². The van der Waals surface area contributed by atoms with E-state index >= 15 is 0 Å². The van der Waals surface area contributed by atoms with Crippen LogP contribution in [-0.2, 0) is 4.74 Å². The Bertz CT molecular complexity index is 564. The molecule has 1 amide bonds. The fourth-order valence-corrected chi connectivity index (χ4v) is 3.25. The molecule has 3 rings (SSSR count). The van der Waals surface area contributed by atoms with Gasteiger partial charge in [0.25, 0.3) is 0 Å². The lowest BCUT2D eigenvalue weighted by molar-refractivity contribution is -0.221. The molecule has 0 aliphatic carbocycles. The molecule has 1 spiro atoms. The van der Waals surface area contributed by atoms with Gasteiger partial charge in [0.1, 0.15) is 18.7 Å². The number of aliphatic imine (C=N–C) groups is 2. The summed E-state index contributed by atoms with van der Waals surface area (Å²) in [6, 6.07) is -1.62. The quantitative estimate of drug-likeness (QED) is 0.152. The van der Waals surface area contributed by atoms with Crippen molar-refractivity contribution in [3.8, 4) is 0 Å². The molecular formula is C10H17N7O5. The van der Waals surface area contributed by atoms with E-state index < -0.39 is 29.6 Å². The highest BCUT2D eigenvalue weighted by Gasteiger charge is 2.69. The standard InChI is InChI=1S/C10H17N7O5/c11-6-14-5-4(3-22-8(18)16-21)13-7(12)17-2-1-9(19,20)10(5,17)15-6/h4-5,19-21H,1-3H2,(H2,12,13)(H,16,18)(H3,11,14,15). The summed E-state index contributed by atoms with van der Waals surface area (Å²) < 4.78 is 4.75. The molecule has 3 aliphatic heterocycles. The number of rotatable bonds is 2. The minimum atomic E-state index is -2.15. The van der Waals surface area contributed by atoms with E-state index in [1.165, 1.54) is 10.4 Å². The summed E-state index contributed by atoms with van der Waals surface area (Å²) in [7, 11) is 0. The van der Waals surface area contributed by atoms with Gasteiger partial charge >= 0.3 is 6.09 Å². The molecule has 0 aromatic heterocycles. The van der Waals surface area contributed by atoms with E-state index in [-0.39, 0.29) is 31.5 Å². The molecule has 0 bridgehead atoms. The van der Waals surface area contributed by atoms with Gasteiger partial charge in [-0.1, -0.05) is 0 Å². The third-order valence-electron chi connectivity index (χ3n) is 4.16. The first-order valence-corrected chi connectivity index (χ1v) is 6.56. The van der Waals surface area contributed by atoms with Gasteiger partial charge < -0.3 is 36.6 Å². The van der Waals surface area contributed by atoms with Crippen molar-refractivity contribution in [1.82, 2.24) is 15.7 Å². The van der Waals surface area contributed by atoms with Crippen molar-refractivity contribution in [3.63, 3.8) is 0 Å². The fraction of sp³-hybridized carbons (Fsp3) is 0.700. The summed E-state index contributed by atoms with van der Waals surface area (Å²) in [4.78, 5) is 20.8. The average Bonchev–Trinajstić information content (AvgIpc) is 2.94. The minimum absolute atomic E-state index is 0.00545. The van der Waals surface area contributed by atoms with Gasteiger partial charge in [-0.05, 0) is 0 Å². The number of hydrogen-bond donors (Lipinski definition) is 7. The number of nitrogens with two attached hydrogens (primary N) is 2. The van der Waals surface area contributed by atoms with Crippen LogP contribution in [0.5, 0.6) is 0 Å². The lowest BCUT2D eigenvalue weighted by atomic mass is 9.87. The topological polar surface area (TPSA) is 191 Å². The van der Waals surface area contributed by atoms with E-state index in [9.17, 15) is 15.0 Å². The first-order chi connectivity index (χ1) is 10.3. The van der Waals surface area contributed by atoms with E-state index in [0.717, 1.165) is 0 Å². The second-order valence-electron chi connectivity index (χ2n) is 5.33. The first-order valence-electron chi connectivity index (χ1n) is 6.56. The van der Waals surface area contributed by atoms with Crippen molar-refractivity contribution in [2.24, 2.45) is 21.5 Å². The normalized spacial score (nSPS) is 35.0. The highest BCUT2D eigenvalue weighted by Crippen LogP contribution is 2.44. The van der Waals surface area contributed by atoms with Gasteiger partial charge in [0.2, 0.25) is 5.79 Å². The van der Waals surface area contributed by atoms with Crippen LogP contribution in [0.2, 0.25) is 0 Å². The second kappa shape index (κ2) is 4.59. The molecule has 3 heterocycles. The summed E-state index contributed by atoms with van der Waals surface area (Å²) in [6.07, 6.45) is -1.06. The smallest absolute Gasteiger partial charge is 0.431 e. The van der Waals surface area contributed by atoms with Crippen molar-refractivity contribution >= 4 is 18.0 Å². The molecule has 1 saturated heterocycles. The van der Waals surface area contributed by atoms with E-state index in [0.29, 0.717) is 0 Å². The van der Waals surface area contributed by atoms with Crippen molar-refractivity contribution < 1.29 is 25.0 Å². The Labute approximate surface area is 124 Å². The Balaban J connectivity index is 1.95. The molecule has 3 unspecified atom stereocenters. The zero-order chi connectivity index (χ0) is 16.1.